The number of nitrogens with one attached hydrogen (secondary N) is 1. The molecule has 5 aromatic carbocycles. The molecule has 1 aliphatic heterocycles. The SMILES string of the molecule is COc1ccc2c(C(O)c3ccc(OCCC4CCCCN4)cc3)c(-c3ccc(OCc4ccccc4)cc3O)ccc2c1. The van der Waals surface area contributed by atoms with Crippen LogP contribution in [0.15, 0.2) is 103 Å². The van der Waals surface area contributed by atoms with Crippen LogP contribution in [0, 0.1) is 0 Å². The first-order chi connectivity index (χ1) is 21.6. The number of aliphatic hydroxyl groups excluding tert-OH is 1. The Morgan fingerprint density at radius 2 is 1.57 bits per heavy atom. The van der Waals surface area contributed by atoms with Gasteiger partial charge in [-0.2, -0.15) is 0 Å². The zero-order valence-corrected chi connectivity index (χ0v) is 25.0. The Labute approximate surface area is 258 Å². The van der Waals surface area contributed by atoms with Gasteiger partial charge in [-0.3, -0.25) is 0 Å². The predicted molar refractivity (Wildman–Crippen MR) is 175 cm³/mol. The second kappa shape index (κ2) is 13.8. The molecule has 0 amide bonds. The van der Waals surface area contributed by atoms with Crippen LogP contribution >= 0.6 is 0 Å². The Balaban J connectivity index is 1.27. The van der Waals surface area contributed by atoms with Crippen molar-refractivity contribution in [2.75, 3.05) is 20.3 Å². The standard InChI is InChI=1S/C38H39NO5/c1-42-31-15-18-33-28(23-31)12-17-35(34-19-16-32(24-36(34)40)44-25-26-7-3-2-4-8-26)37(33)38(41)27-10-13-30(14-11-27)43-22-20-29-9-5-6-21-39-29/h2-4,7-8,10-19,23-24,29,38-41H,5-6,9,20-22,25H2,1H3. The first kappa shape index (κ1) is 29.5. The molecule has 1 saturated heterocycles. The van der Waals surface area contributed by atoms with Crippen molar-refractivity contribution in [3.05, 3.63) is 120 Å². The van der Waals surface area contributed by atoms with Crippen LogP contribution in [-0.4, -0.2) is 36.5 Å². The van der Waals surface area contributed by atoms with Crippen LogP contribution in [0.4, 0.5) is 0 Å². The topological polar surface area (TPSA) is 80.2 Å². The molecule has 226 valence electrons. The summed E-state index contributed by atoms with van der Waals surface area (Å²) in [5.74, 6) is 2.16. The Bertz CT molecular complexity index is 1680. The lowest BCUT2D eigenvalue weighted by molar-refractivity contribution is 0.222. The van der Waals surface area contributed by atoms with Crippen LogP contribution in [0.3, 0.4) is 0 Å². The van der Waals surface area contributed by atoms with Crippen molar-refractivity contribution in [2.24, 2.45) is 0 Å². The molecule has 0 aliphatic carbocycles. The van der Waals surface area contributed by atoms with Gasteiger partial charge in [-0.05, 0) is 89.7 Å². The molecule has 0 spiro atoms. The molecule has 6 rings (SSSR count). The van der Waals surface area contributed by atoms with Gasteiger partial charge >= 0.3 is 0 Å². The highest BCUT2D eigenvalue weighted by Crippen LogP contribution is 2.42. The number of methoxy groups -OCH3 is 1. The highest BCUT2D eigenvalue weighted by Gasteiger charge is 2.22. The van der Waals surface area contributed by atoms with Gasteiger partial charge in [0.15, 0.2) is 0 Å². The van der Waals surface area contributed by atoms with E-state index in [2.05, 4.69) is 5.32 Å². The van der Waals surface area contributed by atoms with E-state index in [1.807, 2.05) is 97.1 Å². The number of aliphatic hydroxyl groups is 1. The number of phenols is 1. The van der Waals surface area contributed by atoms with Gasteiger partial charge in [-0.1, -0.05) is 67.1 Å². The van der Waals surface area contributed by atoms with Gasteiger partial charge in [0.1, 0.15) is 35.7 Å². The van der Waals surface area contributed by atoms with Gasteiger partial charge in [-0.15, -0.1) is 0 Å². The van der Waals surface area contributed by atoms with E-state index in [9.17, 15) is 10.2 Å². The molecule has 0 radical (unpaired) electrons. The number of hydrogen-bond acceptors (Lipinski definition) is 6. The summed E-state index contributed by atoms with van der Waals surface area (Å²) in [4.78, 5) is 0. The second-order valence-corrected chi connectivity index (χ2v) is 11.3. The summed E-state index contributed by atoms with van der Waals surface area (Å²) in [5.41, 5.74) is 3.83. The maximum Gasteiger partial charge on any atom is 0.127 e. The summed E-state index contributed by atoms with van der Waals surface area (Å²) in [6, 6.07) is 33.1. The van der Waals surface area contributed by atoms with Gasteiger partial charge in [0.05, 0.1) is 13.7 Å². The highest BCUT2D eigenvalue weighted by atomic mass is 16.5. The lowest BCUT2D eigenvalue weighted by atomic mass is 9.88. The average molecular weight is 590 g/mol. The first-order valence-corrected chi connectivity index (χ1v) is 15.3. The molecule has 1 heterocycles. The number of hydrogen-bond donors (Lipinski definition) is 3. The van der Waals surface area contributed by atoms with E-state index >= 15 is 0 Å². The zero-order chi connectivity index (χ0) is 30.3. The molecule has 6 heteroatoms. The number of rotatable bonds is 11. The Kier molecular flexibility index (Phi) is 9.30. The van der Waals surface area contributed by atoms with Crippen molar-refractivity contribution in [3.63, 3.8) is 0 Å². The van der Waals surface area contributed by atoms with Crippen molar-refractivity contribution in [3.8, 4) is 34.1 Å². The fraction of sp³-hybridized carbons (Fsp3) is 0.263. The number of benzene rings is 5. The summed E-state index contributed by atoms with van der Waals surface area (Å²) < 4.78 is 17.4. The van der Waals surface area contributed by atoms with E-state index < -0.39 is 6.10 Å². The van der Waals surface area contributed by atoms with Crippen molar-refractivity contribution in [1.82, 2.24) is 5.32 Å². The lowest BCUT2D eigenvalue weighted by Crippen LogP contribution is -2.35. The number of piperidine rings is 1. The van der Waals surface area contributed by atoms with E-state index in [-0.39, 0.29) is 5.75 Å². The van der Waals surface area contributed by atoms with Crippen molar-refractivity contribution < 1.29 is 24.4 Å². The molecule has 5 aromatic rings. The van der Waals surface area contributed by atoms with Gasteiger partial charge < -0.3 is 29.7 Å². The molecular formula is C38H39NO5. The quantitative estimate of drug-likeness (QED) is 0.146. The molecule has 0 saturated carbocycles. The number of fused-ring (bicyclic) bond motifs is 1. The second-order valence-electron chi connectivity index (χ2n) is 11.3. The largest absolute Gasteiger partial charge is 0.507 e. The Morgan fingerprint density at radius 3 is 2.32 bits per heavy atom. The normalized spacial score (nSPS) is 15.5. The van der Waals surface area contributed by atoms with Gasteiger partial charge in [0, 0.05) is 23.2 Å². The zero-order valence-electron chi connectivity index (χ0n) is 25.0. The van der Waals surface area contributed by atoms with Crippen molar-refractivity contribution in [2.45, 2.75) is 44.4 Å². The number of aromatic hydroxyl groups is 1. The summed E-state index contributed by atoms with van der Waals surface area (Å²) in [5, 5.41) is 28.4. The van der Waals surface area contributed by atoms with Crippen molar-refractivity contribution >= 4 is 10.8 Å². The third-order valence-corrected chi connectivity index (χ3v) is 8.39. The van der Waals surface area contributed by atoms with Crippen LogP contribution in [-0.2, 0) is 6.61 Å². The van der Waals surface area contributed by atoms with E-state index in [0.717, 1.165) is 51.9 Å². The van der Waals surface area contributed by atoms with E-state index in [1.165, 1.54) is 19.3 Å². The molecule has 2 atom stereocenters. The molecule has 1 fully saturated rings. The lowest BCUT2D eigenvalue weighted by Gasteiger charge is -2.23. The smallest absolute Gasteiger partial charge is 0.127 e. The third kappa shape index (κ3) is 6.83. The molecule has 1 aliphatic rings. The number of ether oxygens (including phenoxy) is 3. The van der Waals surface area contributed by atoms with Crippen LogP contribution in [0.2, 0.25) is 0 Å². The molecule has 3 N–H and O–H groups in total. The summed E-state index contributed by atoms with van der Waals surface area (Å²) >= 11 is 0. The van der Waals surface area contributed by atoms with E-state index in [0.29, 0.717) is 36.1 Å². The van der Waals surface area contributed by atoms with E-state index in [1.54, 1.807) is 13.2 Å². The third-order valence-electron chi connectivity index (χ3n) is 8.39. The summed E-state index contributed by atoms with van der Waals surface area (Å²) in [7, 11) is 1.64. The number of phenolic OH excluding ortho intramolecular Hbond substituents is 1. The van der Waals surface area contributed by atoms with Crippen LogP contribution in [0.1, 0.15) is 48.5 Å². The minimum atomic E-state index is -0.948. The van der Waals surface area contributed by atoms with Crippen LogP contribution in [0.5, 0.6) is 23.0 Å². The Morgan fingerprint density at radius 1 is 0.795 bits per heavy atom. The highest BCUT2D eigenvalue weighted by molar-refractivity contribution is 5.94. The molecule has 2 unspecified atom stereocenters. The fourth-order valence-corrected chi connectivity index (χ4v) is 5.96. The van der Waals surface area contributed by atoms with Gasteiger partial charge in [0.2, 0.25) is 0 Å². The van der Waals surface area contributed by atoms with Crippen LogP contribution in [0.25, 0.3) is 21.9 Å². The van der Waals surface area contributed by atoms with E-state index in [4.69, 9.17) is 14.2 Å². The maximum atomic E-state index is 11.9. The average Bonchev–Trinajstić information content (AvgIpc) is 3.07. The monoisotopic (exact) mass is 589 g/mol. The minimum absolute atomic E-state index is 0.0769. The minimum Gasteiger partial charge on any atom is -0.507 e. The molecule has 0 bridgehead atoms. The molecule has 0 aromatic heterocycles. The first-order valence-electron chi connectivity index (χ1n) is 15.3. The maximum absolute atomic E-state index is 11.9. The van der Waals surface area contributed by atoms with Crippen LogP contribution < -0.4 is 19.5 Å². The molecule has 44 heavy (non-hydrogen) atoms. The van der Waals surface area contributed by atoms with Gasteiger partial charge in [0.25, 0.3) is 0 Å². The molecule has 6 nitrogen and oxygen atoms in total. The van der Waals surface area contributed by atoms with Gasteiger partial charge in [-0.25, -0.2) is 0 Å². The Hall–Kier alpha value is -4.52. The summed E-state index contributed by atoms with van der Waals surface area (Å²) in [6.07, 6.45) is 3.76. The predicted octanol–water partition coefficient (Wildman–Crippen LogP) is 7.79. The fourth-order valence-electron chi connectivity index (χ4n) is 5.96. The van der Waals surface area contributed by atoms with Crippen molar-refractivity contribution in [1.29, 1.82) is 0 Å². The molecular weight excluding hydrogens is 550 g/mol. The summed E-state index contributed by atoms with van der Waals surface area (Å²) in [6.45, 7) is 2.14.